The van der Waals surface area contributed by atoms with Crippen LogP contribution in [0.2, 0.25) is 0 Å². The molecule has 0 aliphatic carbocycles. The van der Waals surface area contributed by atoms with Crippen LogP contribution in [0.25, 0.3) is 0 Å². The summed E-state index contributed by atoms with van der Waals surface area (Å²) in [5.41, 5.74) is 2.28. The van der Waals surface area contributed by atoms with Gasteiger partial charge in [0.2, 0.25) is 0 Å². The molecule has 0 bridgehead atoms. The van der Waals surface area contributed by atoms with E-state index in [0.29, 0.717) is 12.5 Å². The highest BCUT2D eigenvalue weighted by molar-refractivity contribution is 5.26. The Hall–Kier alpha value is -1.65. The van der Waals surface area contributed by atoms with Gasteiger partial charge in [-0.05, 0) is 36.1 Å². The van der Waals surface area contributed by atoms with Gasteiger partial charge in [-0.1, -0.05) is 38.1 Å². The van der Waals surface area contributed by atoms with E-state index in [-0.39, 0.29) is 0 Å². The maximum Gasteiger partial charge on any atom is 0.0914 e. The zero-order valence-electron chi connectivity index (χ0n) is 12.9. The summed E-state index contributed by atoms with van der Waals surface area (Å²) in [6.45, 7) is 6.71. The molecule has 0 aliphatic heterocycles. The number of aliphatic hydroxyl groups excluding tert-OH is 1. The Kier molecular flexibility index (Phi) is 5.96. The molecule has 1 atom stereocenters. The van der Waals surface area contributed by atoms with Gasteiger partial charge in [-0.3, -0.25) is 4.68 Å². The van der Waals surface area contributed by atoms with Crippen LogP contribution in [0.3, 0.4) is 0 Å². The van der Waals surface area contributed by atoms with Gasteiger partial charge in [0.05, 0.1) is 6.10 Å². The fourth-order valence-corrected chi connectivity index (χ4v) is 2.26. The van der Waals surface area contributed by atoms with Crippen molar-refractivity contribution in [2.24, 2.45) is 0 Å². The summed E-state index contributed by atoms with van der Waals surface area (Å²) in [7, 11) is 0. The topological polar surface area (TPSA) is 50.1 Å². The Morgan fingerprint density at radius 1 is 1.19 bits per heavy atom. The van der Waals surface area contributed by atoms with Crippen molar-refractivity contribution in [1.29, 1.82) is 0 Å². The number of aryl methyl sites for hydroxylation is 1. The Labute approximate surface area is 126 Å². The van der Waals surface area contributed by atoms with Crippen LogP contribution in [0, 0.1) is 0 Å². The Morgan fingerprint density at radius 2 is 1.90 bits per heavy atom. The predicted octanol–water partition coefficient (Wildman–Crippen LogP) is 2.72. The highest BCUT2D eigenvalue weighted by Crippen LogP contribution is 2.18. The lowest BCUT2D eigenvalue weighted by Crippen LogP contribution is -2.23. The molecule has 0 fully saturated rings. The normalized spacial score (nSPS) is 12.8. The summed E-state index contributed by atoms with van der Waals surface area (Å²) in [6.07, 6.45) is 4.31. The molecule has 1 heterocycles. The molecule has 0 aliphatic rings. The molecule has 2 N–H and O–H groups in total. The smallest absolute Gasteiger partial charge is 0.0914 e. The minimum Gasteiger partial charge on any atom is -0.387 e. The molecule has 4 nitrogen and oxygen atoms in total. The van der Waals surface area contributed by atoms with E-state index < -0.39 is 6.10 Å². The van der Waals surface area contributed by atoms with E-state index in [2.05, 4.69) is 36.4 Å². The molecule has 2 rings (SSSR count). The Morgan fingerprint density at radius 3 is 2.52 bits per heavy atom. The first-order chi connectivity index (χ1) is 10.2. The lowest BCUT2D eigenvalue weighted by Gasteiger charge is -2.13. The highest BCUT2D eigenvalue weighted by Gasteiger charge is 2.07. The van der Waals surface area contributed by atoms with Gasteiger partial charge in [-0.25, -0.2) is 0 Å². The van der Waals surface area contributed by atoms with Crippen molar-refractivity contribution >= 4 is 0 Å². The maximum atomic E-state index is 10.2. The molecule has 2 aromatic rings. The summed E-state index contributed by atoms with van der Waals surface area (Å²) in [4.78, 5) is 0. The van der Waals surface area contributed by atoms with Crippen LogP contribution in [0.5, 0.6) is 0 Å². The van der Waals surface area contributed by atoms with Crippen LogP contribution < -0.4 is 5.32 Å². The summed E-state index contributed by atoms with van der Waals surface area (Å²) in [5, 5.41) is 17.6. The lowest BCUT2D eigenvalue weighted by atomic mass is 10.00. The molecule has 1 aromatic carbocycles. The number of hydrogen-bond acceptors (Lipinski definition) is 3. The van der Waals surface area contributed by atoms with E-state index in [9.17, 15) is 5.11 Å². The molecule has 4 heteroatoms. The molecule has 0 amide bonds. The number of aromatic nitrogens is 2. The molecule has 0 radical (unpaired) electrons. The first-order valence-corrected chi connectivity index (χ1v) is 7.63. The van der Waals surface area contributed by atoms with E-state index in [4.69, 9.17) is 0 Å². The van der Waals surface area contributed by atoms with Gasteiger partial charge in [0, 0.05) is 25.5 Å². The summed E-state index contributed by atoms with van der Waals surface area (Å²) in [5.74, 6) is 0.525. The fraction of sp³-hybridized carbons (Fsp3) is 0.471. The third-order valence-electron chi connectivity index (χ3n) is 3.63. The molecule has 21 heavy (non-hydrogen) atoms. The third-order valence-corrected chi connectivity index (χ3v) is 3.63. The van der Waals surface area contributed by atoms with Crippen molar-refractivity contribution in [2.75, 3.05) is 13.1 Å². The van der Waals surface area contributed by atoms with Crippen LogP contribution in [0.1, 0.15) is 43.4 Å². The molecule has 0 saturated heterocycles. The van der Waals surface area contributed by atoms with E-state index >= 15 is 0 Å². The third kappa shape index (κ3) is 4.99. The predicted molar refractivity (Wildman–Crippen MR) is 85.2 cm³/mol. The van der Waals surface area contributed by atoms with Crippen LogP contribution in [-0.4, -0.2) is 28.0 Å². The van der Waals surface area contributed by atoms with E-state index in [1.54, 1.807) is 6.20 Å². The molecule has 114 valence electrons. The quantitative estimate of drug-likeness (QED) is 0.734. The van der Waals surface area contributed by atoms with Gasteiger partial charge in [-0.15, -0.1) is 0 Å². The van der Waals surface area contributed by atoms with Crippen LogP contribution in [0.15, 0.2) is 42.7 Å². The van der Waals surface area contributed by atoms with Gasteiger partial charge in [0.1, 0.15) is 0 Å². The van der Waals surface area contributed by atoms with E-state index in [0.717, 1.165) is 25.1 Å². The molecular formula is C17H25N3O. The number of benzene rings is 1. The zero-order chi connectivity index (χ0) is 15.1. The summed E-state index contributed by atoms with van der Waals surface area (Å²) < 4.78 is 1.92. The zero-order valence-corrected chi connectivity index (χ0v) is 12.9. The highest BCUT2D eigenvalue weighted by atomic mass is 16.3. The second-order valence-electron chi connectivity index (χ2n) is 5.66. The van der Waals surface area contributed by atoms with Gasteiger partial charge < -0.3 is 10.4 Å². The molecule has 1 aromatic heterocycles. The largest absolute Gasteiger partial charge is 0.387 e. The number of nitrogens with zero attached hydrogens (tertiary/aromatic N) is 2. The van der Waals surface area contributed by atoms with E-state index in [1.807, 2.05) is 29.1 Å². The van der Waals surface area contributed by atoms with Crippen LogP contribution >= 0.6 is 0 Å². The van der Waals surface area contributed by atoms with Crippen molar-refractivity contribution < 1.29 is 5.11 Å². The Bertz CT molecular complexity index is 505. The lowest BCUT2D eigenvalue weighted by molar-refractivity contribution is 0.174. The second-order valence-corrected chi connectivity index (χ2v) is 5.66. The van der Waals surface area contributed by atoms with E-state index in [1.165, 1.54) is 5.56 Å². The van der Waals surface area contributed by atoms with Gasteiger partial charge in [0.25, 0.3) is 0 Å². The van der Waals surface area contributed by atoms with Crippen molar-refractivity contribution in [3.05, 3.63) is 53.9 Å². The minimum absolute atomic E-state index is 0.448. The first kappa shape index (κ1) is 15.7. The summed E-state index contributed by atoms with van der Waals surface area (Å²) >= 11 is 0. The molecule has 0 saturated carbocycles. The Balaban J connectivity index is 1.68. The standard InChI is InChI=1S/C17H25N3O/c1-14(2)15-5-7-16(8-6-15)17(21)13-18-9-3-11-20-12-4-10-19-20/h4-8,10,12,14,17-18,21H,3,9,11,13H2,1-2H3. The van der Waals surface area contributed by atoms with Crippen molar-refractivity contribution in [2.45, 2.75) is 38.8 Å². The molecule has 1 unspecified atom stereocenters. The summed E-state index contributed by atoms with van der Waals surface area (Å²) in [6, 6.07) is 10.2. The van der Waals surface area contributed by atoms with Crippen molar-refractivity contribution in [3.63, 3.8) is 0 Å². The monoisotopic (exact) mass is 287 g/mol. The average Bonchev–Trinajstić information content (AvgIpc) is 3.00. The van der Waals surface area contributed by atoms with Gasteiger partial charge in [0.15, 0.2) is 0 Å². The van der Waals surface area contributed by atoms with Gasteiger partial charge >= 0.3 is 0 Å². The number of nitrogens with one attached hydrogen (secondary N) is 1. The average molecular weight is 287 g/mol. The number of hydrogen-bond donors (Lipinski definition) is 2. The maximum absolute atomic E-state index is 10.2. The second kappa shape index (κ2) is 7.96. The SMILES string of the molecule is CC(C)c1ccc(C(O)CNCCCn2cccn2)cc1. The fourth-order valence-electron chi connectivity index (χ4n) is 2.26. The van der Waals surface area contributed by atoms with Crippen LogP contribution in [0.4, 0.5) is 0 Å². The van der Waals surface area contributed by atoms with Crippen molar-refractivity contribution in [3.8, 4) is 0 Å². The van der Waals surface area contributed by atoms with Crippen molar-refractivity contribution in [1.82, 2.24) is 15.1 Å². The number of aliphatic hydroxyl groups is 1. The minimum atomic E-state index is -0.448. The first-order valence-electron chi connectivity index (χ1n) is 7.63. The molecular weight excluding hydrogens is 262 g/mol. The number of rotatable bonds is 8. The van der Waals surface area contributed by atoms with Gasteiger partial charge in [-0.2, -0.15) is 5.10 Å². The van der Waals surface area contributed by atoms with Crippen LogP contribution in [-0.2, 0) is 6.54 Å². The molecule has 0 spiro atoms.